The average molecular weight is 554 g/mol. The molecule has 3 N–H and O–H groups in total. The SMILES string of the molecule is CCNC(=NCc1cc(OC)ccc1OC(F)F)NCCC(=O)NC1CCCCC1.I. The maximum Gasteiger partial charge on any atom is 0.387 e. The normalized spacial score (nSPS) is 14.5. The van der Waals surface area contributed by atoms with Gasteiger partial charge < -0.3 is 25.4 Å². The van der Waals surface area contributed by atoms with Crippen LogP contribution in [0.25, 0.3) is 0 Å². The number of halogens is 3. The third-order valence-corrected chi connectivity index (χ3v) is 4.85. The van der Waals surface area contributed by atoms with Crippen LogP contribution >= 0.6 is 24.0 Å². The Hall–Kier alpha value is -1.85. The van der Waals surface area contributed by atoms with Crippen LogP contribution in [-0.4, -0.2) is 44.7 Å². The highest BCUT2D eigenvalue weighted by molar-refractivity contribution is 14.0. The Kier molecular flexibility index (Phi) is 13.2. The number of amides is 1. The zero-order valence-corrected chi connectivity index (χ0v) is 20.4. The van der Waals surface area contributed by atoms with E-state index in [-0.39, 0.29) is 48.2 Å². The second-order valence-corrected chi connectivity index (χ2v) is 7.13. The number of guanidine groups is 1. The summed E-state index contributed by atoms with van der Waals surface area (Å²) in [5, 5.41) is 9.27. The standard InChI is InChI=1S/C21H32F2N4O3.HI/c1-3-24-21(25-12-11-19(28)27-16-7-5-4-6-8-16)26-14-15-13-17(29-2)9-10-18(15)30-20(22)23;/h9-10,13,16,20H,3-8,11-12,14H2,1-2H3,(H,27,28)(H2,24,25,26);1H. The number of hydrogen-bond acceptors (Lipinski definition) is 4. The van der Waals surface area contributed by atoms with Crippen molar-refractivity contribution < 1.29 is 23.0 Å². The Morgan fingerprint density at radius 3 is 2.61 bits per heavy atom. The Morgan fingerprint density at radius 1 is 1.23 bits per heavy atom. The van der Waals surface area contributed by atoms with Crippen molar-refractivity contribution >= 4 is 35.8 Å². The summed E-state index contributed by atoms with van der Waals surface area (Å²) in [5.41, 5.74) is 0.474. The number of carbonyl (C=O) groups excluding carboxylic acids is 1. The van der Waals surface area contributed by atoms with E-state index in [1.54, 1.807) is 12.1 Å². The molecule has 0 unspecified atom stereocenters. The Labute approximate surface area is 199 Å². The zero-order valence-electron chi connectivity index (χ0n) is 18.1. The van der Waals surface area contributed by atoms with Crippen LogP contribution in [0.2, 0.25) is 0 Å². The molecule has 10 heteroatoms. The van der Waals surface area contributed by atoms with Gasteiger partial charge in [-0.15, -0.1) is 24.0 Å². The van der Waals surface area contributed by atoms with Crippen molar-refractivity contribution in [3.05, 3.63) is 23.8 Å². The van der Waals surface area contributed by atoms with Gasteiger partial charge in [0.15, 0.2) is 5.96 Å². The monoisotopic (exact) mass is 554 g/mol. The Bertz CT molecular complexity index is 701. The quantitative estimate of drug-likeness (QED) is 0.233. The van der Waals surface area contributed by atoms with Crippen molar-refractivity contribution in [3.8, 4) is 11.5 Å². The van der Waals surface area contributed by atoms with Crippen LogP contribution in [0.1, 0.15) is 51.0 Å². The van der Waals surface area contributed by atoms with Crippen LogP contribution in [0.15, 0.2) is 23.2 Å². The van der Waals surface area contributed by atoms with Crippen LogP contribution in [0.3, 0.4) is 0 Å². The van der Waals surface area contributed by atoms with Gasteiger partial charge in [-0.2, -0.15) is 8.78 Å². The Morgan fingerprint density at radius 2 is 1.97 bits per heavy atom. The number of rotatable bonds is 10. The van der Waals surface area contributed by atoms with Gasteiger partial charge in [0.25, 0.3) is 0 Å². The van der Waals surface area contributed by atoms with Crippen molar-refractivity contribution in [2.75, 3.05) is 20.2 Å². The van der Waals surface area contributed by atoms with E-state index < -0.39 is 6.61 Å². The van der Waals surface area contributed by atoms with Crippen molar-refractivity contribution in [2.45, 2.75) is 64.6 Å². The first-order valence-electron chi connectivity index (χ1n) is 10.4. The van der Waals surface area contributed by atoms with E-state index in [1.165, 1.54) is 32.4 Å². The van der Waals surface area contributed by atoms with E-state index in [4.69, 9.17) is 4.74 Å². The van der Waals surface area contributed by atoms with Gasteiger partial charge in [-0.1, -0.05) is 19.3 Å². The first-order valence-corrected chi connectivity index (χ1v) is 10.4. The van der Waals surface area contributed by atoms with Gasteiger partial charge in [0.1, 0.15) is 11.5 Å². The summed E-state index contributed by atoms with van der Waals surface area (Å²) >= 11 is 0. The maximum atomic E-state index is 12.7. The molecule has 0 bridgehead atoms. The first-order chi connectivity index (χ1) is 14.5. The lowest BCUT2D eigenvalue weighted by atomic mass is 9.95. The lowest BCUT2D eigenvalue weighted by Gasteiger charge is -2.22. The predicted molar refractivity (Wildman–Crippen MR) is 127 cm³/mol. The van der Waals surface area contributed by atoms with Gasteiger partial charge in [-0.3, -0.25) is 4.79 Å². The summed E-state index contributed by atoms with van der Waals surface area (Å²) in [7, 11) is 1.50. The lowest BCUT2D eigenvalue weighted by molar-refractivity contribution is -0.121. The van der Waals surface area contributed by atoms with Gasteiger partial charge in [-0.25, -0.2) is 4.99 Å². The van der Waals surface area contributed by atoms with Crippen LogP contribution in [-0.2, 0) is 11.3 Å². The van der Waals surface area contributed by atoms with Crippen molar-refractivity contribution in [3.63, 3.8) is 0 Å². The molecule has 1 aromatic carbocycles. The summed E-state index contributed by atoms with van der Waals surface area (Å²) < 4.78 is 35.0. The predicted octanol–water partition coefficient (Wildman–Crippen LogP) is 3.81. The summed E-state index contributed by atoms with van der Waals surface area (Å²) in [6.07, 6.45) is 6.01. The van der Waals surface area contributed by atoms with Gasteiger partial charge in [0.05, 0.1) is 13.7 Å². The van der Waals surface area contributed by atoms with E-state index in [0.717, 1.165) is 12.8 Å². The van der Waals surface area contributed by atoms with Gasteiger partial charge >= 0.3 is 6.61 Å². The molecular formula is C21H33F2IN4O3. The minimum Gasteiger partial charge on any atom is -0.497 e. The van der Waals surface area contributed by atoms with Gasteiger partial charge in [-0.05, 0) is 38.0 Å². The molecule has 2 rings (SSSR count). The fraction of sp³-hybridized carbons (Fsp3) is 0.619. The molecule has 1 saturated carbocycles. The van der Waals surface area contributed by atoms with E-state index >= 15 is 0 Å². The van der Waals surface area contributed by atoms with E-state index in [0.29, 0.717) is 36.8 Å². The van der Waals surface area contributed by atoms with Crippen LogP contribution < -0.4 is 25.4 Å². The highest BCUT2D eigenvalue weighted by atomic mass is 127. The largest absolute Gasteiger partial charge is 0.497 e. The van der Waals surface area contributed by atoms with Gasteiger partial charge in [0.2, 0.25) is 5.91 Å². The fourth-order valence-electron chi connectivity index (χ4n) is 3.36. The third kappa shape index (κ3) is 10.3. The summed E-state index contributed by atoms with van der Waals surface area (Å²) in [5.74, 6) is 1.09. The number of ether oxygens (including phenoxy) is 2. The zero-order chi connectivity index (χ0) is 21.8. The number of carbonyl (C=O) groups is 1. The maximum absolute atomic E-state index is 12.7. The average Bonchev–Trinajstić information content (AvgIpc) is 2.73. The molecule has 1 fully saturated rings. The molecule has 0 radical (unpaired) electrons. The minimum atomic E-state index is -2.92. The number of alkyl halides is 2. The number of aliphatic imine (C=N–C) groups is 1. The van der Waals surface area contributed by atoms with E-state index in [9.17, 15) is 13.6 Å². The number of hydrogen-bond donors (Lipinski definition) is 3. The first kappa shape index (κ1) is 27.2. The van der Waals surface area contributed by atoms with Crippen LogP contribution in [0.4, 0.5) is 8.78 Å². The topological polar surface area (TPSA) is 84.0 Å². The van der Waals surface area contributed by atoms with E-state index in [2.05, 4.69) is 25.7 Å². The molecule has 0 atom stereocenters. The Balaban J connectivity index is 0.00000480. The molecule has 7 nitrogen and oxygen atoms in total. The summed E-state index contributed by atoms with van der Waals surface area (Å²) in [6, 6.07) is 4.89. The smallest absolute Gasteiger partial charge is 0.387 e. The highest BCUT2D eigenvalue weighted by Crippen LogP contribution is 2.26. The van der Waals surface area contributed by atoms with Gasteiger partial charge in [0, 0.05) is 31.1 Å². The molecule has 1 amide bonds. The van der Waals surface area contributed by atoms with E-state index in [1.807, 2.05) is 6.92 Å². The molecule has 0 heterocycles. The molecule has 1 aliphatic carbocycles. The van der Waals surface area contributed by atoms with Crippen molar-refractivity contribution in [2.24, 2.45) is 4.99 Å². The summed E-state index contributed by atoms with van der Waals surface area (Å²) in [4.78, 5) is 16.6. The lowest BCUT2D eigenvalue weighted by Crippen LogP contribution is -2.41. The number of benzene rings is 1. The summed E-state index contributed by atoms with van der Waals surface area (Å²) in [6.45, 7) is 0.156. The molecular weight excluding hydrogens is 521 g/mol. The second-order valence-electron chi connectivity index (χ2n) is 7.13. The molecule has 0 aromatic heterocycles. The molecule has 1 aromatic rings. The van der Waals surface area contributed by atoms with Crippen molar-refractivity contribution in [1.29, 1.82) is 0 Å². The number of methoxy groups -OCH3 is 1. The highest BCUT2D eigenvalue weighted by Gasteiger charge is 2.15. The van der Waals surface area contributed by atoms with Crippen molar-refractivity contribution in [1.82, 2.24) is 16.0 Å². The molecule has 31 heavy (non-hydrogen) atoms. The molecule has 0 saturated heterocycles. The fourth-order valence-corrected chi connectivity index (χ4v) is 3.36. The second kappa shape index (κ2) is 15.0. The van der Waals surface area contributed by atoms with Crippen LogP contribution in [0.5, 0.6) is 11.5 Å². The molecule has 176 valence electrons. The molecule has 0 spiro atoms. The number of nitrogens with one attached hydrogen (secondary N) is 3. The molecule has 0 aliphatic heterocycles. The number of nitrogens with zero attached hydrogens (tertiary/aromatic N) is 1. The minimum absolute atomic E-state index is 0. The molecule has 1 aliphatic rings. The van der Waals surface area contributed by atoms with Crippen LogP contribution in [0, 0.1) is 0 Å². The third-order valence-electron chi connectivity index (χ3n) is 4.85.